The Balaban J connectivity index is 1.25. The van der Waals surface area contributed by atoms with E-state index in [9.17, 15) is 5.11 Å². The fraction of sp³-hybridized carbons (Fsp3) is 0.333. The molecule has 3 aromatic rings. The number of fused-ring (bicyclic) bond motifs is 1. The van der Waals surface area contributed by atoms with Gasteiger partial charge in [0.15, 0.2) is 4.34 Å². The van der Waals surface area contributed by atoms with Crippen LogP contribution in [0.5, 0.6) is 5.75 Å². The van der Waals surface area contributed by atoms with Gasteiger partial charge in [-0.25, -0.2) is 0 Å². The van der Waals surface area contributed by atoms with Crippen LogP contribution < -0.4 is 10.1 Å². The Labute approximate surface area is 154 Å². The molecule has 7 heteroatoms. The lowest BCUT2D eigenvalue weighted by molar-refractivity contribution is 0.126. The summed E-state index contributed by atoms with van der Waals surface area (Å²) in [7, 11) is 0. The molecule has 2 aromatic carbocycles. The summed E-state index contributed by atoms with van der Waals surface area (Å²) in [4.78, 5) is 0. The number of benzene rings is 2. The van der Waals surface area contributed by atoms with Gasteiger partial charge < -0.3 is 15.2 Å². The highest BCUT2D eigenvalue weighted by Crippen LogP contribution is 2.30. The first-order valence-corrected chi connectivity index (χ1v) is 10.1. The van der Waals surface area contributed by atoms with Crippen LogP contribution in [0.2, 0.25) is 0 Å². The summed E-state index contributed by atoms with van der Waals surface area (Å²) in [6, 6.07) is 14.7. The van der Waals surface area contributed by atoms with Gasteiger partial charge in [0.1, 0.15) is 12.4 Å². The van der Waals surface area contributed by atoms with Crippen LogP contribution in [0.3, 0.4) is 0 Å². The zero-order valence-electron chi connectivity index (χ0n) is 13.6. The quantitative estimate of drug-likeness (QED) is 0.586. The maximum absolute atomic E-state index is 10.1. The highest BCUT2D eigenvalue weighted by atomic mass is 32.2. The van der Waals surface area contributed by atoms with Crippen molar-refractivity contribution in [2.45, 2.75) is 29.3 Å². The Morgan fingerprint density at radius 2 is 2.04 bits per heavy atom. The molecule has 0 radical (unpaired) electrons. The van der Waals surface area contributed by atoms with E-state index in [0.717, 1.165) is 20.6 Å². The third kappa shape index (κ3) is 4.62. The second kappa shape index (κ2) is 7.59. The van der Waals surface area contributed by atoms with Crippen LogP contribution in [0.15, 0.2) is 46.8 Å². The fourth-order valence-electron chi connectivity index (χ4n) is 2.39. The first-order valence-electron chi connectivity index (χ1n) is 8.29. The van der Waals surface area contributed by atoms with Gasteiger partial charge in [-0.2, -0.15) is 0 Å². The van der Waals surface area contributed by atoms with Crippen molar-refractivity contribution in [2.24, 2.45) is 0 Å². The molecule has 0 spiro atoms. The molecule has 0 bridgehead atoms. The summed E-state index contributed by atoms with van der Waals surface area (Å²) < 4.78 is 6.59. The average Bonchev–Trinajstić information content (AvgIpc) is 3.34. The third-order valence-corrected chi connectivity index (χ3v) is 6.01. The van der Waals surface area contributed by atoms with Crippen LogP contribution in [-0.4, -0.2) is 39.8 Å². The van der Waals surface area contributed by atoms with Gasteiger partial charge in [-0.15, -0.1) is 10.2 Å². The van der Waals surface area contributed by atoms with E-state index in [1.54, 1.807) is 0 Å². The predicted octanol–water partition coefficient (Wildman–Crippen LogP) is 3.80. The van der Waals surface area contributed by atoms with Crippen LogP contribution in [0, 0.1) is 0 Å². The number of hydrogen-bond donors (Lipinski definition) is 2. The molecule has 2 N–H and O–H groups in total. The minimum Gasteiger partial charge on any atom is -0.491 e. The number of nitrogens with one attached hydrogen (secondary N) is 1. The van der Waals surface area contributed by atoms with Crippen LogP contribution >= 0.6 is 23.1 Å². The van der Waals surface area contributed by atoms with E-state index < -0.39 is 6.10 Å². The van der Waals surface area contributed by atoms with Crippen LogP contribution in [0.4, 0.5) is 5.13 Å². The lowest BCUT2D eigenvalue weighted by Gasteiger charge is -2.11. The van der Waals surface area contributed by atoms with Crippen molar-refractivity contribution in [2.75, 3.05) is 17.7 Å². The second-order valence-electron chi connectivity index (χ2n) is 6.08. The standard InChI is InChI=1S/C18H19N3O2S2/c22-15(11-24-18-21-20-17(25-18)19-14-6-7-14)10-23-16-8-5-12-3-1-2-4-13(12)9-16/h1-5,8-9,14-15,22H,6-7,10-11H2,(H,19,20). The van der Waals surface area contributed by atoms with E-state index in [-0.39, 0.29) is 6.61 Å². The summed E-state index contributed by atoms with van der Waals surface area (Å²) in [5, 5.41) is 24.9. The van der Waals surface area contributed by atoms with Crippen LogP contribution in [-0.2, 0) is 0 Å². The predicted molar refractivity (Wildman–Crippen MR) is 103 cm³/mol. The molecule has 0 saturated heterocycles. The number of aliphatic hydroxyl groups excluding tert-OH is 1. The maximum Gasteiger partial charge on any atom is 0.206 e. The van der Waals surface area contributed by atoms with Gasteiger partial charge >= 0.3 is 0 Å². The molecule has 1 atom stereocenters. The Kier molecular flexibility index (Phi) is 5.05. The first kappa shape index (κ1) is 16.6. The SMILES string of the molecule is OC(COc1ccc2ccccc2c1)CSc1nnc(NC2CC2)s1. The highest BCUT2D eigenvalue weighted by Gasteiger charge is 2.22. The van der Waals surface area contributed by atoms with Crippen LogP contribution in [0.1, 0.15) is 12.8 Å². The normalized spacial score (nSPS) is 15.2. The number of anilines is 1. The van der Waals surface area contributed by atoms with Gasteiger partial charge in [0.05, 0.1) is 6.10 Å². The Bertz CT molecular complexity index is 851. The first-order chi connectivity index (χ1) is 12.3. The largest absolute Gasteiger partial charge is 0.491 e. The number of thioether (sulfide) groups is 1. The Morgan fingerprint density at radius 1 is 1.20 bits per heavy atom. The summed E-state index contributed by atoms with van der Waals surface area (Å²) in [5.74, 6) is 1.31. The summed E-state index contributed by atoms with van der Waals surface area (Å²) in [5.41, 5.74) is 0. The number of aliphatic hydroxyl groups is 1. The molecule has 0 aliphatic heterocycles. The number of ether oxygens (including phenoxy) is 1. The minimum atomic E-state index is -0.555. The summed E-state index contributed by atoms with van der Waals surface area (Å²) in [6.45, 7) is 0.261. The lowest BCUT2D eigenvalue weighted by Crippen LogP contribution is -2.20. The fourth-order valence-corrected chi connectivity index (χ4v) is 4.15. The van der Waals surface area contributed by atoms with E-state index in [1.165, 1.54) is 41.3 Å². The molecule has 0 amide bonds. The monoisotopic (exact) mass is 373 g/mol. The lowest BCUT2D eigenvalue weighted by atomic mass is 10.1. The number of aromatic nitrogens is 2. The van der Waals surface area contributed by atoms with E-state index in [2.05, 4.69) is 27.6 Å². The van der Waals surface area contributed by atoms with Crippen molar-refractivity contribution in [1.82, 2.24) is 10.2 Å². The molecule has 4 rings (SSSR count). The zero-order chi connectivity index (χ0) is 17.1. The van der Waals surface area contributed by atoms with Crippen molar-refractivity contribution in [1.29, 1.82) is 0 Å². The van der Waals surface area contributed by atoms with Gasteiger partial charge in [0.25, 0.3) is 0 Å². The maximum atomic E-state index is 10.1. The summed E-state index contributed by atoms with van der Waals surface area (Å²) in [6.07, 6.45) is 1.87. The Hall–Kier alpha value is -1.83. The minimum absolute atomic E-state index is 0.261. The molecule has 25 heavy (non-hydrogen) atoms. The second-order valence-corrected chi connectivity index (χ2v) is 8.32. The Morgan fingerprint density at radius 3 is 2.88 bits per heavy atom. The zero-order valence-corrected chi connectivity index (χ0v) is 15.2. The number of rotatable bonds is 8. The molecule has 1 heterocycles. The van der Waals surface area contributed by atoms with E-state index in [0.29, 0.717) is 11.8 Å². The van der Waals surface area contributed by atoms with Crippen molar-refractivity contribution >= 4 is 39.0 Å². The molecule has 1 aliphatic rings. The molecule has 1 fully saturated rings. The number of hydrogen-bond acceptors (Lipinski definition) is 7. The van der Waals surface area contributed by atoms with Gasteiger partial charge in [-0.05, 0) is 35.7 Å². The average molecular weight is 374 g/mol. The molecule has 5 nitrogen and oxygen atoms in total. The van der Waals surface area contributed by atoms with E-state index in [1.807, 2.05) is 30.3 Å². The molecule has 130 valence electrons. The topological polar surface area (TPSA) is 67.3 Å². The van der Waals surface area contributed by atoms with Gasteiger partial charge in [0, 0.05) is 11.8 Å². The molecule has 1 saturated carbocycles. The van der Waals surface area contributed by atoms with Crippen LogP contribution in [0.25, 0.3) is 10.8 Å². The third-order valence-electron chi connectivity index (χ3n) is 3.87. The summed E-state index contributed by atoms with van der Waals surface area (Å²) >= 11 is 3.05. The van der Waals surface area contributed by atoms with Crippen molar-refractivity contribution in [3.05, 3.63) is 42.5 Å². The van der Waals surface area contributed by atoms with Gasteiger partial charge in [-0.3, -0.25) is 0 Å². The molecule has 1 aromatic heterocycles. The molecule has 1 unspecified atom stereocenters. The van der Waals surface area contributed by atoms with E-state index >= 15 is 0 Å². The highest BCUT2D eigenvalue weighted by molar-refractivity contribution is 8.01. The van der Waals surface area contributed by atoms with Gasteiger partial charge in [-0.1, -0.05) is 53.4 Å². The van der Waals surface area contributed by atoms with Crippen molar-refractivity contribution in [3.63, 3.8) is 0 Å². The van der Waals surface area contributed by atoms with Crippen molar-refractivity contribution < 1.29 is 9.84 Å². The molecular weight excluding hydrogens is 354 g/mol. The molecule has 1 aliphatic carbocycles. The van der Waals surface area contributed by atoms with E-state index in [4.69, 9.17) is 4.74 Å². The van der Waals surface area contributed by atoms with Crippen molar-refractivity contribution in [3.8, 4) is 5.75 Å². The van der Waals surface area contributed by atoms with Gasteiger partial charge in [0.2, 0.25) is 5.13 Å². The smallest absolute Gasteiger partial charge is 0.206 e. The molecular formula is C18H19N3O2S2. The number of nitrogens with zero attached hydrogens (tertiary/aromatic N) is 2.